The molecule has 2 heterocycles. The Labute approximate surface area is 182 Å². The Balaban J connectivity index is 1.84. The average molecular weight is 425 g/mol. The molecular weight excluding hydrogens is 396 g/mol. The van der Waals surface area contributed by atoms with Crippen LogP contribution < -0.4 is 19.5 Å². The van der Waals surface area contributed by atoms with Crippen molar-refractivity contribution in [2.75, 3.05) is 25.1 Å². The first-order valence-electron chi connectivity index (χ1n) is 10.3. The normalized spacial score (nSPS) is 10.6. The van der Waals surface area contributed by atoms with Crippen molar-refractivity contribution in [1.29, 1.82) is 0 Å². The monoisotopic (exact) mass is 424 g/mol. The van der Waals surface area contributed by atoms with Crippen LogP contribution in [0.3, 0.4) is 0 Å². The molecule has 2 aromatic heterocycles. The largest absolute Gasteiger partial charge is 0.490 e. The van der Waals surface area contributed by atoms with Crippen LogP contribution in [0.15, 0.2) is 36.5 Å². The molecule has 0 atom stereocenters. The summed E-state index contributed by atoms with van der Waals surface area (Å²) in [5, 5.41) is 7.29. The number of hydrogen-bond donors (Lipinski definition) is 1. The zero-order valence-electron chi connectivity index (χ0n) is 18.6. The minimum Gasteiger partial charge on any atom is -0.490 e. The summed E-state index contributed by atoms with van der Waals surface area (Å²) < 4.78 is 18.8. The second-order valence-electron chi connectivity index (χ2n) is 6.80. The van der Waals surface area contributed by atoms with Crippen molar-refractivity contribution >= 4 is 11.6 Å². The van der Waals surface area contributed by atoms with Crippen molar-refractivity contribution in [2.45, 2.75) is 34.6 Å². The van der Waals surface area contributed by atoms with Crippen LogP contribution in [0.2, 0.25) is 0 Å². The van der Waals surface area contributed by atoms with E-state index in [1.54, 1.807) is 29.1 Å². The minimum absolute atomic E-state index is 0.300. The van der Waals surface area contributed by atoms with E-state index < -0.39 is 0 Å². The minimum atomic E-state index is -0.300. The zero-order chi connectivity index (χ0) is 22.4. The summed E-state index contributed by atoms with van der Waals surface area (Å²) in [6, 6.07) is 8.89. The van der Waals surface area contributed by atoms with Crippen molar-refractivity contribution in [1.82, 2.24) is 14.8 Å². The highest BCUT2D eigenvalue weighted by Gasteiger charge is 2.18. The Bertz CT molecular complexity index is 1020. The summed E-state index contributed by atoms with van der Waals surface area (Å²) in [7, 11) is 0. The maximum atomic E-state index is 12.9. The van der Waals surface area contributed by atoms with Gasteiger partial charge in [-0.1, -0.05) is 0 Å². The van der Waals surface area contributed by atoms with Crippen molar-refractivity contribution in [3.05, 3.63) is 53.5 Å². The van der Waals surface area contributed by atoms with Gasteiger partial charge in [0.2, 0.25) is 5.75 Å². The van der Waals surface area contributed by atoms with E-state index in [1.807, 2.05) is 46.8 Å². The molecule has 31 heavy (non-hydrogen) atoms. The molecule has 0 bridgehead atoms. The van der Waals surface area contributed by atoms with Gasteiger partial charge >= 0.3 is 0 Å². The summed E-state index contributed by atoms with van der Waals surface area (Å²) in [5.74, 6) is 1.82. The highest BCUT2D eigenvalue weighted by atomic mass is 16.5. The fourth-order valence-electron chi connectivity index (χ4n) is 3.17. The van der Waals surface area contributed by atoms with Crippen LogP contribution in [-0.4, -0.2) is 40.5 Å². The van der Waals surface area contributed by atoms with Crippen LogP contribution in [-0.2, 0) is 0 Å². The van der Waals surface area contributed by atoms with Crippen LogP contribution in [0.1, 0.15) is 42.5 Å². The number of nitrogens with zero attached hydrogens (tertiary/aromatic N) is 3. The fourth-order valence-corrected chi connectivity index (χ4v) is 3.17. The number of nitrogens with one attached hydrogen (secondary N) is 1. The molecule has 0 aliphatic rings. The summed E-state index contributed by atoms with van der Waals surface area (Å²) in [6.45, 7) is 10.9. The summed E-state index contributed by atoms with van der Waals surface area (Å²) in [6.07, 6.45) is 1.60. The highest BCUT2D eigenvalue weighted by molar-refractivity contribution is 6.05. The number of amides is 1. The van der Waals surface area contributed by atoms with Gasteiger partial charge in [-0.15, -0.1) is 0 Å². The lowest BCUT2D eigenvalue weighted by Crippen LogP contribution is -2.14. The molecule has 3 rings (SSSR count). The van der Waals surface area contributed by atoms with E-state index in [9.17, 15) is 4.79 Å². The molecule has 8 nitrogen and oxygen atoms in total. The predicted molar refractivity (Wildman–Crippen MR) is 119 cm³/mol. The fraction of sp³-hybridized carbons (Fsp3) is 0.348. The predicted octanol–water partition coefficient (Wildman–Crippen LogP) is 4.33. The van der Waals surface area contributed by atoms with Crippen LogP contribution in [0, 0.1) is 13.8 Å². The molecular formula is C23H28N4O4. The molecule has 0 unspecified atom stereocenters. The maximum Gasteiger partial charge on any atom is 0.255 e. The van der Waals surface area contributed by atoms with E-state index >= 15 is 0 Å². The quantitative estimate of drug-likeness (QED) is 0.550. The van der Waals surface area contributed by atoms with Crippen molar-refractivity contribution in [2.24, 2.45) is 0 Å². The van der Waals surface area contributed by atoms with Crippen LogP contribution in [0.25, 0.3) is 5.82 Å². The van der Waals surface area contributed by atoms with Crippen LogP contribution in [0.5, 0.6) is 17.2 Å². The number of carbonyl (C=O) groups excluding carboxylic acids is 1. The summed E-state index contributed by atoms with van der Waals surface area (Å²) in [5.41, 5.74) is 2.88. The molecule has 0 aliphatic heterocycles. The smallest absolute Gasteiger partial charge is 0.255 e. The van der Waals surface area contributed by atoms with Gasteiger partial charge in [0.1, 0.15) is 0 Å². The van der Waals surface area contributed by atoms with Gasteiger partial charge in [-0.25, -0.2) is 9.67 Å². The maximum absolute atomic E-state index is 12.9. The van der Waals surface area contributed by atoms with Crippen molar-refractivity contribution in [3.63, 3.8) is 0 Å². The topological polar surface area (TPSA) is 87.5 Å². The summed E-state index contributed by atoms with van der Waals surface area (Å²) >= 11 is 0. The Morgan fingerprint density at radius 1 is 0.968 bits per heavy atom. The molecule has 3 aromatic rings. The zero-order valence-corrected chi connectivity index (χ0v) is 18.6. The Morgan fingerprint density at radius 2 is 1.61 bits per heavy atom. The first kappa shape index (κ1) is 22.1. The Hall–Kier alpha value is -3.55. The van der Waals surface area contributed by atoms with Gasteiger partial charge in [-0.2, -0.15) is 5.10 Å². The second kappa shape index (κ2) is 9.97. The van der Waals surface area contributed by atoms with Gasteiger partial charge in [-0.3, -0.25) is 4.79 Å². The van der Waals surface area contributed by atoms with Gasteiger partial charge in [0, 0.05) is 11.3 Å². The standard InChI is InChI=1S/C23H28N4O4/c1-6-29-19-12-17(13-20(30-7-2)22(19)31-8-3)23(28)25-18-9-10-21(24-14-18)27-16(5)11-15(4)26-27/h9-14H,6-8H2,1-5H3,(H,25,28). The molecule has 0 spiro atoms. The third-order valence-corrected chi connectivity index (χ3v) is 4.40. The number of ether oxygens (including phenoxy) is 3. The van der Waals surface area contributed by atoms with E-state index in [0.29, 0.717) is 54.1 Å². The molecule has 1 N–H and O–H groups in total. The number of pyridine rings is 1. The molecule has 0 aliphatic carbocycles. The van der Waals surface area contributed by atoms with E-state index in [0.717, 1.165) is 11.4 Å². The SMILES string of the molecule is CCOc1cc(C(=O)Nc2ccc(-n3nc(C)cc3C)nc2)cc(OCC)c1OCC. The molecule has 0 saturated heterocycles. The molecule has 164 valence electrons. The van der Waals surface area contributed by atoms with E-state index in [1.165, 1.54) is 0 Å². The average Bonchev–Trinajstić information content (AvgIpc) is 3.09. The number of hydrogen-bond acceptors (Lipinski definition) is 6. The van der Waals surface area contributed by atoms with E-state index in [2.05, 4.69) is 15.4 Å². The lowest BCUT2D eigenvalue weighted by atomic mass is 10.1. The lowest BCUT2D eigenvalue weighted by molar-refractivity contribution is 0.102. The van der Waals surface area contributed by atoms with Gasteiger partial charge in [0.25, 0.3) is 5.91 Å². The summed E-state index contributed by atoms with van der Waals surface area (Å²) in [4.78, 5) is 17.3. The van der Waals surface area contributed by atoms with Crippen molar-refractivity contribution < 1.29 is 19.0 Å². The number of benzene rings is 1. The molecule has 0 fully saturated rings. The van der Waals surface area contributed by atoms with Crippen molar-refractivity contribution in [3.8, 4) is 23.1 Å². The van der Waals surface area contributed by atoms with Gasteiger partial charge < -0.3 is 19.5 Å². The van der Waals surface area contributed by atoms with E-state index in [-0.39, 0.29) is 5.91 Å². The molecule has 8 heteroatoms. The lowest BCUT2D eigenvalue weighted by Gasteiger charge is -2.17. The number of carbonyl (C=O) groups is 1. The van der Waals surface area contributed by atoms with E-state index in [4.69, 9.17) is 14.2 Å². The number of aromatic nitrogens is 3. The molecule has 1 aromatic carbocycles. The first-order chi connectivity index (χ1) is 15.0. The number of aryl methyl sites for hydroxylation is 2. The first-order valence-corrected chi connectivity index (χ1v) is 10.3. The van der Waals surface area contributed by atoms with Gasteiger partial charge in [0.15, 0.2) is 17.3 Å². The third kappa shape index (κ3) is 5.14. The van der Waals surface area contributed by atoms with Crippen LogP contribution in [0.4, 0.5) is 5.69 Å². The number of anilines is 1. The van der Waals surface area contributed by atoms with Crippen LogP contribution >= 0.6 is 0 Å². The Kier molecular flexibility index (Phi) is 7.12. The Morgan fingerprint density at radius 3 is 2.10 bits per heavy atom. The molecule has 0 saturated carbocycles. The second-order valence-corrected chi connectivity index (χ2v) is 6.80. The molecule has 0 radical (unpaired) electrons. The molecule has 1 amide bonds. The van der Waals surface area contributed by atoms with Gasteiger partial charge in [-0.05, 0) is 65.0 Å². The number of rotatable bonds is 9. The van der Waals surface area contributed by atoms with Gasteiger partial charge in [0.05, 0.1) is 37.4 Å². The highest BCUT2D eigenvalue weighted by Crippen LogP contribution is 2.39. The third-order valence-electron chi connectivity index (χ3n) is 4.40.